The molecule has 1 amide bonds. The Balaban J connectivity index is 1.52. The number of benzene rings is 1. The van der Waals surface area contributed by atoms with Crippen molar-refractivity contribution in [1.29, 1.82) is 0 Å². The second-order valence-corrected chi connectivity index (χ2v) is 6.97. The molecule has 1 aromatic rings. The Labute approximate surface area is 127 Å². The lowest BCUT2D eigenvalue weighted by Crippen LogP contribution is -2.45. The highest BCUT2D eigenvalue weighted by Crippen LogP contribution is 2.47. The molecule has 0 saturated heterocycles. The molecule has 2 aliphatic rings. The maximum absolute atomic E-state index is 12.4. The highest BCUT2D eigenvalue weighted by molar-refractivity contribution is 5.80. The van der Waals surface area contributed by atoms with E-state index in [-0.39, 0.29) is 17.9 Å². The van der Waals surface area contributed by atoms with E-state index in [2.05, 4.69) is 37.4 Å². The van der Waals surface area contributed by atoms with E-state index >= 15 is 0 Å². The molecule has 0 aliphatic heterocycles. The number of carbonyl (C=O) groups is 1. The van der Waals surface area contributed by atoms with Crippen molar-refractivity contribution in [3.05, 3.63) is 34.9 Å². The van der Waals surface area contributed by atoms with Gasteiger partial charge in [-0.3, -0.25) is 4.79 Å². The van der Waals surface area contributed by atoms with E-state index in [1.807, 2.05) is 0 Å². The summed E-state index contributed by atoms with van der Waals surface area (Å²) in [6.45, 7) is 4.94. The van der Waals surface area contributed by atoms with Crippen molar-refractivity contribution in [3.8, 4) is 0 Å². The molecule has 2 fully saturated rings. The maximum Gasteiger partial charge on any atom is 0.224 e. The number of nitrogens with one attached hydrogen (secondary N) is 1. The SMILES string of the molecule is Cc1cc(C)cc(CCNC(=O)C2C3CCC(C3)C2N)c1. The van der Waals surface area contributed by atoms with Gasteiger partial charge >= 0.3 is 0 Å². The Bertz CT molecular complexity index is 518. The van der Waals surface area contributed by atoms with Crippen LogP contribution in [0.1, 0.15) is 36.0 Å². The fraction of sp³-hybridized carbons (Fsp3) is 0.611. The van der Waals surface area contributed by atoms with E-state index < -0.39 is 0 Å². The molecular weight excluding hydrogens is 260 g/mol. The first kappa shape index (κ1) is 14.6. The third-order valence-corrected chi connectivity index (χ3v) is 5.28. The minimum absolute atomic E-state index is 0.0583. The zero-order chi connectivity index (χ0) is 15.0. The molecule has 3 rings (SSSR count). The zero-order valence-electron chi connectivity index (χ0n) is 13.1. The molecule has 1 aromatic carbocycles. The molecule has 4 unspecified atom stereocenters. The molecule has 21 heavy (non-hydrogen) atoms. The molecular formula is C18H26N2O. The predicted octanol–water partition coefficient (Wildman–Crippen LogP) is 2.34. The van der Waals surface area contributed by atoms with Gasteiger partial charge in [-0.1, -0.05) is 29.3 Å². The number of fused-ring (bicyclic) bond motifs is 2. The maximum atomic E-state index is 12.4. The van der Waals surface area contributed by atoms with Crippen molar-refractivity contribution in [3.63, 3.8) is 0 Å². The number of rotatable bonds is 4. The minimum atomic E-state index is 0.0583. The van der Waals surface area contributed by atoms with E-state index in [1.165, 1.54) is 29.5 Å². The van der Waals surface area contributed by atoms with Crippen molar-refractivity contribution < 1.29 is 4.79 Å². The molecule has 0 aromatic heterocycles. The number of amides is 1. The van der Waals surface area contributed by atoms with Crippen LogP contribution in [-0.4, -0.2) is 18.5 Å². The van der Waals surface area contributed by atoms with Crippen LogP contribution in [0.25, 0.3) is 0 Å². The summed E-state index contributed by atoms with van der Waals surface area (Å²) >= 11 is 0. The molecule has 3 N–H and O–H groups in total. The predicted molar refractivity (Wildman–Crippen MR) is 84.9 cm³/mol. The van der Waals surface area contributed by atoms with Gasteiger partial charge in [0, 0.05) is 12.6 Å². The average Bonchev–Trinajstić information content (AvgIpc) is 2.98. The van der Waals surface area contributed by atoms with Crippen LogP contribution < -0.4 is 11.1 Å². The van der Waals surface area contributed by atoms with Crippen LogP contribution in [0.4, 0.5) is 0 Å². The monoisotopic (exact) mass is 286 g/mol. The fourth-order valence-electron chi connectivity index (χ4n) is 4.39. The molecule has 4 atom stereocenters. The van der Waals surface area contributed by atoms with Crippen LogP contribution in [0, 0.1) is 31.6 Å². The first-order valence-electron chi connectivity index (χ1n) is 8.15. The van der Waals surface area contributed by atoms with Gasteiger partial charge < -0.3 is 11.1 Å². The quantitative estimate of drug-likeness (QED) is 0.892. The van der Waals surface area contributed by atoms with Gasteiger partial charge in [-0.25, -0.2) is 0 Å². The highest BCUT2D eigenvalue weighted by atomic mass is 16.1. The molecule has 2 saturated carbocycles. The number of hydrogen-bond acceptors (Lipinski definition) is 2. The first-order chi connectivity index (χ1) is 10.0. The van der Waals surface area contributed by atoms with E-state index in [9.17, 15) is 4.79 Å². The van der Waals surface area contributed by atoms with Crippen LogP contribution in [0.3, 0.4) is 0 Å². The Kier molecular flexibility index (Phi) is 4.03. The van der Waals surface area contributed by atoms with Gasteiger partial charge in [0.2, 0.25) is 5.91 Å². The number of carbonyl (C=O) groups excluding carboxylic acids is 1. The number of hydrogen-bond donors (Lipinski definition) is 2. The van der Waals surface area contributed by atoms with Gasteiger partial charge in [-0.05, 0) is 56.9 Å². The van der Waals surface area contributed by atoms with Gasteiger partial charge in [-0.2, -0.15) is 0 Å². The third kappa shape index (κ3) is 2.98. The van der Waals surface area contributed by atoms with E-state index in [0.29, 0.717) is 18.4 Å². The van der Waals surface area contributed by atoms with Crippen LogP contribution in [0.5, 0.6) is 0 Å². The summed E-state index contributed by atoms with van der Waals surface area (Å²) in [6.07, 6.45) is 4.46. The molecule has 3 nitrogen and oxygen atoms in total. The number of nitrogens with two attached hydrogens (primary N) is 1. The summed E-state index contributed by atoms with van der Waals surface area (Å²) in [5, 5.41) is 3.11. The average molecular weight is 286 g/mol. The third-order valence-electron chi connectivity index (χ3n) is 5.28. The normalized spacial score (nSPS) is 30.6. The zero-order valence-corrected chi connectivity index (χ0v) is 13.1. The molecule has 114 valence electrons. The summed E-state index contributed by atoms with van der Waals surface area (Å²) in [7, 11) is 0. The van der Waals surface area contributed by atoms with Gasteiger partial charge in [-0.15, -0.1) is 0 Å². The van der Waals surface area contributed by atoms with Crippen molar-refractivity contribution in [2.24, 2.45) is 23.5 Å². The summed E-state index contributed by atoms with van der Waals surface area (Å²) in [5.41, 5.74) is 10.1. The summed E-state index contributed by atoms with van der Waals surface area (Å²) in [4.78, 5) is 12.4. The fourth-order valence-corrected chi connectivity index (χ4v) is 4.39. The van der Waals surface area contributed by atoms with Gasteiger partial charge in [0.05, 0.1) is 5.92 Å². The minimum Gasteiger partial charge on any atom is -0.355 e. The standard InChI is InChI=1S/C18H26N2O/c1-11-7-12(2)9-13(8-11)5-6-20-18(21)16-14-3-4-15(10-14)17(16)19/h7-9,14-17H,3-6,10,19H2,1-2H3,(H,20,21). The molecule has 0 spiro atoms. The molecule has 2 aliphatic carbocycles. The largest absolute Gasteiger partial charge is 0.355 e. The lowest BCUT2D eigenvalue weighted by Gasteiger charge is -2.27. The summed E-state index contributed by atoms with van der Waals surface area (Å²) in [6, 6.07) is 6.66. The molecule has 3 heteroatoms. The first-order valence-corrected chi connectivity index (χ1v) is 8.15. The summed E-state index contributed by atoms with van der Waals surface area (Å²) < 4.78 is 0. The van der Waals surface area contributed by atoms with Crippen LogP contribution in [-0.2, 0) is 11.2 Å². The van der Waals surface area contributed by atoms with E-state index in [4.69, 9.17) is 5.73 Å². The smallest absolute Gasteiger partial charge is 0.224 e. The van der Waals surface area contributed by atoms with Crippen LogP contribution in [0.2, 0.25) is 0 Å². The lowest BCUT2D eigenvalue weighted by atomic mass is 9.84. The summed E-state index contributed by atoms with van der Waals surface area (Å²) in [5.74, 6) is 1.36. The topological polar surface area (TPSA) is 55.1 Å². The molecule has 0 radical (unpaired) electrons. The van der Waals surface area contributed by atoms with Gasteiger partial charge in [0.25, 0.3) is 0 Å². The van der Waals surface area contributed by atoms with Crippen molar-refractivity contribution >= 4 is 5.91 Å². The Morgan fingerprint density at radius 3 is 2.48 bits per heavy atom. The Hall–Kier alpha value is -1.35. The van der Waals surface area contributed by atoms with Crippen molar-refractivity contribution in [1.82, 2.24) is 5.32 Å². The Morgan fingerprint density at radius 1 is 1.19 bits per heavy atom. The van der Waals surface area contributed by atoms with Crippen LogP contribution in [0.15, 0.2) is 18.2 Å². The second-order valence-electron chi connectivity index (χ2n) is 6.97. The van der Waals surface area contributed by atoms with Gasteiger partial charge in [0.15, 0.2) is 0 Å². The van der Waals surface area contributed by atoms with Crippen molar-refractivity contribution in [2.45, 2.75) is 45.6 Å². The Morgan fingerprint density at radius 2 is 1.86 bits per heavy atom. The van der Waals surface area contributed by atoms with Crippen LogP contribution >= 0.6 is 0 Å². The molecule has 0 heterocycles. The van der Waals surface area contributed by atoms with Gasteiger partial charge in [0.1, 0.15) is 0 Å². The van der Waals surface area contributed by atoms with E-state index in [0.717, 1.165) is 12.8 Å². The second kappa shape index (κ2) is 5.80. The highest BCUT2D eigenvalue weighted by Gasteiger charge is 2.48. The number of aryl methyl sites for hydroxylation is 2. The molecule has 2 bridgehead atoms. The lowest BCUT2D eigenvalue weighted by molar-refractivity contribution is -0.127. The van der Waals surface area contributed by atoms with Crippen molar-refractivity contribution in [2.75, 3.05) is 6.54 Å². The van der Waals surface area contributed by atoms with E-state index in [1.54, 1.807) is 0 Å².